The zero-order chi connectivity index (χ0) is 11.4. The van der Waals surface area contributed by atoms with Gasteiger partial charge < -0.3 is 10.6 Å². The van der Waals surface area contributed by atoms with Crippen LogP contribution in [0.15, 0.2) is 12.3 Å². The average molecular weight is 207 g/mol. The Morgan fingerprint density at radius 2 is 2.20 bits per heavy atom. The lowest BCUT2D eigenvalue weighted by atomic mass is 10.1. The Balaban J connectivity index is 2.73. The van der Waals surface area contributed by atoms with Crippen molar-refractivity contribution < 1.29 is 0 Å². The number of aryl methyl sites for hydroxylation is 1. The van der Waals surface area contributed by atoms with Gasteiger partial charge in [-0.1, -0.05) is 20.3 Å². The Hall–Kier alpha value is -1.25. The van der Waals surface area contributed by atoms with Crippen LogP contribution < -0.4 is 10.6 Å². The molecule has 0 saturated carbocycles. The molecule has 1 rings (SSSR count). The highest BCUT2D eigenvalue weighted by Gasteiger charge is 2.07. The lowest BCUT2D eigenvalue weighted by Crippen LogP contribution is -2.24. The van der Waals surface area contributed by atoms with Crippen LogP contribution in [0.4, 0.5) is 11.5 Å². The summed E-state index contributed by atoms with van der Waals surface area (Å²) in [4.78, 5) is 6.51. The molecule has 0 aromatic carbocycles. The topological polar surface area (TPSA) is 42.1 Å². The summed E-state index contributed by atoms with van der Waals surface area (Å²) in [5, 5.41) is 0. The van der Waals surface area contributed by atoms with Gasteiger partial charge in [0.1, 0.15) is 5.82 Å². The molecule has 0 spiro atoms. The molecule has 1 aromatic heterocycles. The monoisotopic (exact) mass is 207 g/mol. The number of pyridine rings is 1. The van der Waals surface area contributed by atoms with Crippen LogP contribution in [0.2, 0.25) is 0 Å². The molecule has 2 N–H and O–H groups in total. The van der Waals surface area contributed by atoms with Crippen molar-refractivity contribution >= 4 is 11.5 Å². The molecule has 0 fully saturated rings. The molecule has 84 valence electrons. The predicted octanol–water partition coefficient (Wildman–Crippen LogP) is 2.45. The molecular formula is C12H21N3. The molecule has 0 aliphatic carbocycles. The van der Waals surface area contributed by atoms with Crippen LogP contribution in [0.3, 0.4) is 0 Å². The Bertz CT molecular complexity index is 323. The van der Waals surface area contributed by atoms with Crippen molar-refractivity contribution in [3.05, 3.63) is 17.8 Å². The molecule has 1 heterocycles. The van der Waals surface area contributed by atoms with Crippen molar-refractivity contribution in [2.24, 2.45) is 5.92 Å². The minimum absolute atomic E-state index is 0.689. The summed E-state index contributed by atoms with van der Waals surface area (Å²) in [7, 11) is 2.07. The minimum atomic E-state index is 0.689. The molecule has 0 amide bonds. The first kappa shape index (κ1) is 11.8. The average Bonchev–Trinajstić information content (AvgIpc) is 2.21. The fourth-order valence-corrected chi connectivity index (χ4v) is 1.45. The lowest BCUT2D eigenvalue weighted by molar-refractivity contribution is 0.557. The Labute approximate surface area is 92.3 Å². The summed E-state index contributed by atoms with van der Waals surface area (Å²) in [5.74, 6) is 1.69. The van der Waals surface area contributed by atoms with E-state index in [-0.39, 0.29) is 0 Å². The minimum Gasteiger partial charge on any atom is -0.397 e. The van der Waals surface area contributed by atoms with Gasteiger partial charge in [-0.3, -0.25) is 0 Å². The van der Waals surface area contributed by atoms with Gasteiger partial charge in [0.25, 0.3) is 0 Å². The first-order valence-corrected chi connectivity index (χ1v) is 5.47. The van der Waals surface area contributed by atoms with Gasteiger partial charge in [-0.25, -0.2) is 4.98 Å². The Kier molecular flexibility index (Phi) is 3.95. The van der Waals surface area contributed by atoms with Crippen LogP contribution in [0.25, 0.3) is 0 Å². The van der Waals surface area contributed by atoms with E-state index in [9.17, 15) is 0 Å². The first-order valence-electron chi connectivity index (χ1n) is 5.47. The summed E-state index contributed by atoms with van der Waals surface area (Å²) in [6.45, 7) is 7.51. The summed E-state index contributed by atoms with van der Waals surface area (Å²) in [6, 6.07) is 2.04. The van der Waals surface area contributed by atoms with E-state index < -0.39 is 0 Å². The van der Waals surface area contributed by atoms with E-state index in [0.29, 0.717) is 5.92 Å². The van der Waals surface area contributed by atoms with Crippen LogP contribution in [-0.2, 0) is 0 Å². The number of rotatable bonds is 4. The molecule has 1 aromatic rings. The Morgan fingerprint density at radius 1 is 1.53 bits per heavy atom. The zero-order valence-corrected chi connectivity index (χ0v) is 10.1. The fourth-order valence-electron chi connectivity index (χ4n) is 1.45. The maximum Gasteiger partial charge on any atom is 0.128 e. The third-order valence-electron chi connectivity index (χ3n) is 2.81. The third-order valence-corrected chi connectivity index (χ3v) is 2.81. The zero-order valence-electron chi connectivity index (χ0n) is 10.1. The number of nitrogens with zero attached hydrogens (tertiary/aromatic N) is 2. The molecule has 1 unspecified atom stereocenters. The van der Waals surface area contributed by atoms with Crippen LogP contribution in [0, 0.1) is 12.8 Å². The van der Waals surface area contributed by atoms with E-state index in [0.717, 1.165) is 23.6 Å². The number of nitrogens with two attached hydrogens (primary N) is 1. The van der Waals surface area contributed by atoms with Gasteiger partial charge in [-0.2, -0.15) is 0 Å². The van der Waals surface area contributed by atoms with Gasteiger partial charge in [0.15, 0.2) is 0 Å². The maximum atomic E-state index is 5.74. The molecule has 0 aliphatic heterocycles. The van der Waals surface area contributed by atoms with Crippen molar-refractivity contribution in [1.82, 2.24) is 4.98 Å². The quantitative estimate of drug-likeness (QED) is 0.824. The second kappa shape index (κ2) is 5.01. The molecule has 0 radical (unpaired) electrons. The van der Waals surface area contributed by atoms with Crippen molar-refractivity contribution in [3.63, 3.8) is 0 Å². The van der Waals surface area contributed by atoms with Gasteiger partial charge >= 0.3 is 0 Å². The number of hydrogen-bond donors (Lipinski definition) is 1. The number of anilines is 2. The normalized spacial score (nSPS) is 12.5. The third kappa shape index (κ3) is 3.11. The fraction of sp³-hybridized carbons (Fsp3) is 0.583. The smallest absolute Gasteiger partial charge is 0.128 e. The molecular weight excluding hydrogens is 186 g/mol. The summed E-state index contributed by atoms with van der Waals surface area (Å²) >= 11 is 0. The maximum absolute atomic E-state index is 5.74. The van der Waals surface area contributed by atoms with Crippen LogP contribution in [0.5, 0.6) is 0 Å². The van der Waals surface area contributed by atoms with E-state index in [1.165, 1.54) is 6.42 Å². The van der Waals surface area contributed by atoms with Crippen molar-refractivity contribution in [2.45, 2.75) is 27.2 Å². The van der Waals surface area contributed by atoms with Gasteiger partial charge in [-0.15, -0.1) is 0 Å². The van der Waals surface area contributed by atoms with Gasteiger partial charge in [0.05, 0.1) is 11.9 Å². The predicted molar refractivity (Wildman–Crippen MR) is 66.1 cm³/mol. The van der Waals surface area contributed by atoms with Crippen molar-refractivity contribution in [3.8, 4) is 0 Å². The summed E-state index contributed by atoms with van der Waals surface area (Å²) < 4.78 is 0. The van der Waals surface area contributed by atoms with Gasteiger partial charge in [0, 0.05) is 13.6 Å². The van der Waals surface area contributed by atoms with E-state index in [4.69, 9.17) is 5.73 Å². The van der Waals surface area contributed by atoms with E-state index in [1.807, 2.05) is 13.0 Å². The summed E-state index contributed by atoms with van der Waals surface area (Å²) in [6.07, 6.45) is 2.93. The molecule has 1 atom stereocenters. The standard InChI is InChI=1S/C12H21N3/c1-5-9(2)8-15(4)12-6-10(3)11(13)7-14-12/h6-7,9H,5,8,13H2,1-4H3. The molecule has 0 bridgehead atoms. The van der Waals surface area contributed by atoms with Crippen LogP contribution in [0.1, 0.15) is 25.8 Å². The van der Waals surface area contributed by atoms with Crippen LogP contribution >= 0.6 is 0 Å². The second-order valence-corrected chi connectivity index (χ2v) is 4.29. The van der Waals surface area contributed by atoms with Crippen molar-refractivity contribution in [2.75, 3.05) is 24.2 Å². The number of nitrogen functional groups attached to an aromatic ring is 1. The number of hydrogen-bond acceptors (Lipinski definition) is 3. The molecule has 3 nitrogen and oxygen atoms in total. The molecule has 3 heteroatoms. The van der Waals surface area contributed by atoms with Crippen LogP contribution in [-0.4, -0.2) is 18.6 Å². The molecule has 15 heavy (non-hydrogen) atoms. The SMILES string of the molecule is CCC(C)CN(C)c1cc(C)c(N)cn1. The van der Waals surface area contributed by atoms with E-state index in [1.54, 1.807) is 6.20 Å². The summed E-state index contributed by atoms with van der Waals surface area (Å²) in [5.41, 5.74) is 7.59. The first-order chi connectivity index (χ1) is 7.04. The largest absolute Gasteiger partial charge is 0.397 e. The molecule has 0 saturated heterocycles. The van der Waals surface area contributed by atoms with Gasteiger partial charge in [-0.05, 0) is 24.5 Å². The highest BCUT2D eigenvalue weighted by Crippen LogP contribution is 2.17. The van der Waals surface area contributed by atoms with E-state index >= 15 is 0 Å². The second-order valence-electron chi connectivity index (χ2n) is 4.29. The van der Waals surface area contributed by atoms with Gasteiger partial charge in [0.2, 0.25) is 0 Å². The van der Waals surface area contributed by atoms with Crippen molar-refractivity contribution in [1.29, 1.82) is 0 Å². The number of aromatic nitrogens is 1. The Morgan fingerprint density at radius 3 is 2.73 bits per heavy atom. The lowest BCUT2D eigenvalue weighted by Gasteiger charge is -2.22. The molecule has 0 aliphatic rings. The highest BCUT2D eigenvalue weighted by molar-refractivity contribution is 5.51. The van der Waals surface area contributed by atoms with E-state index in [2.05, 4.69) is 30.8 Å². The highest BCUT2D eigenvalue weighted by atomic mass is 15.2.